The highest BCUT2D eigenvalue weighted by Crippen LogP contribution is 2.33. The Hall–Kier alpha value is -2.01. The van der Waals surface area contributed by atoms with Crippen LogP contribution in [0.2, 0.25) is 5.02 Å². The number of hydrogen-bond donors (Lipinski definition) is 2. The lowest BCUT2D eigenvalue weighted by Gasteiger charge is -2.10. The van der Waals surface area contributed by atoms with Crippen molar-refractivity contribution in [1.82, 2.24) is 0 Å². The van der Waals surface area contributed by atoms with Crippen LogP contribution in [0.3, 0.4) is 0 Å². The average molecular weight is 401 g/mol. The number of rotatable bonds is 3. The highest BCUT2D eigenvalue weighted by Gasteiger charge is 2.30. The van der Waals surface area contributed by atoms with Gasteiger partial charge in [-0.25, -0.2) is 0 Å². The van der Waals surface area contributed by atoms with Crippen molar-refractivity contribution in [1.29, 1.82) is 0 Å². The standard InChI is InChI=1S/C18H16ClF3N2OS/c1-11(16-7-5-13(26-16)8-9-17(2,3)25)23-24-15-10-12(18(20,21)22)4-6-14(15)19/h4-7,10,24-25H,1-3H3/b23-11+. The molecular weight excluding hydrogens is 385 g/mol. The minimum absolute atomic E-state index is 0.0689. The molecule has 0 fully saturated rings. The number of aliphatic hydroxyl groups is 1. The molecule has 3 nitrogen and oxygen atoms in total. The molecule has 138 valence electrons. The molecule has 0 radical (unpaired) electrons. The van der Waals surface area contributed by atoms with Gasteiger partial charge < -0.3 is 5.11 Å². The van der Waals surface area contributed by atoms with Crippen molar-refractivity contribution in [3.63, 3.8) is 0 Å². The molecule has 0 saturated heterocycles. The van der Waals surface area contributed by atoms with E-state index < -0.39 is 17.3 Å². The lowest BCUT2D eigenvalue weighted by molar-refractivity contribution is -0.137. The number of alkyl halides is 3. The van der Waals surface area contributed by atoms with E-state index in [1.54, 1.807) is 32.9 Å². The van der Waals surface area contributed by atoms with Gasteiger partial charge in [0.1, 0.15) is 5.60 Å². The monoisotopic (exact) mass is 400 g/mol. The van der Waals surface area contributed by atoms with Crippen molar-refractivity contribution in [2.24, 2.45) is 5.10 Å². The first-order chi connectivity index (χ1) is 12.0. The summed E-state index contributed by atoms with van der Waals surface area (Å²) in [5, 5.41) is 13.9. The summed E-state index contributed by atoms with van der Waals surface area (Å²) in [6, 6.07) is 6.58. The quantitative estimate of drug-likeness (QED) is 0.413. The Morgan fingerprint density at radius 2 is 1.92 bits per heavy atom. The van der Waals surface area contributed by atoms with E-state index in [-0.39, 0.29) is 10.7 Å². The van der Waals surface area contributed by atoms with E-state index in [4.69, 9.17) is 11.6 Å². The summed E-state index contributed by atoms with van der Waals surface area (Å²) in [4.78, 5) is 1.54. The van der Waals surface area contributed by atoms with Gasteiger partial charge in [-0.3, -0.25) is 5.43 Å². The lowest BCUT2D eigenvalue weighted by atomic mass is 10.1. The van der Waals surface area contributed by atoms with Gasteiger partial charge in [0, 0.05) is 0 Å². The first kappa shape index (κ1) is 20.3. The zero-order valence-corrected chi connectivity index (χ0v) is 15.8. The molecule has 8 heteroatoms. The van der Waals surface area contributed by atoms with Crippen LogP contribution in [0.25, 0.3) is 0 Å². The normalized spacial score (nSPS) is 12.5. The van der Waals surface area contributed by atoms with E-state index in [0.717, 1.165) is 21.9 Å². The van der Waals surface area contributed by atoms with Crippen LogP contribution < -0.4 is 5.43 Å². The summed E-state index contributed by atoms with van der Waals surface area (Å²) in [5.74, 6) is 5.58. The first-order valence-electron chi connectivity index (χ1n) is 7.48. The largest absolute Gasteiger partial charge is 0.416 e. The number of hydrazone groups is 1. The van der Waals surface area contributed by atoms with E-state index >= 15 is 0 Å². The van der Waals surface area contributed by atoms with Crippen molar-refractivity contribution in [2.75, 3.05) is 5.43 Å². The van der Waals surface area contributed by atoms with Gasteiger partial charge in [-0.1, -0.05) is 23.4 Å². The fourth-order valence-corrected chi connectivity index (χ4v) is 2.76. The molecule has 0 amide bonds. The number of nitrogens with one attached hydrogen (secondary N) is 1. The summed E-state index contributed by atoms with van der Waals surface area (Å²) in [6.07, 6.45) is -4.46. The topological polar surface area (TPSA) is 44.6 Å². The van der Waals surface area contributed by atoms with Crippen molar-refractivity contribution in [3.05, 3.63) is 50.7 Å². The van der Waals surface area contributed by atoms with Gasteiger partial charge in [0.2, 0.25) is 0 Å². The Kier molecular flexibility index (Phi) is 6.02. The fourth-order valence-electron chi connectivity index (χ4n) is 1.80. The third kappa shape index (κ3) is 5.77. The van der Waals surface area contributed by atoms with Crippen LogP contribution in [0, 0.1) is 11.8 Å². The Balaban J connectivity index is 2.19. The molecule has 0 bridgehead atoms. The van der Waals surface area contributed by atoms with Gasteiger partial charge in [0.05, 0.1) is 31.7 Å². The van der Waals surface area contributed by atoms with Gasteiger partial charge in [-0.2, -0.15) is 18.3 Å². The van der Waals surface area contributed by atoms with Crippen LogP contribution in [-0.2, 0) is 6.18 Å². The number of anilines is 1. The maximum Gasteiger partial charge on any atom is 0.416 e. The minimum Gasteiger partial charge on any atom is -0.378 e. The molecule has 1 heterocycles. The Labute approximate surface area is 158 Å². The van der Waals surface area contributed by atoms with E-state index in [9.17, 15) is 18.3 Å². The van der Waals surface area contributed by atoms with Crippen LogP contribution >= 0.6 is 22.9 Å². The van der Waals surface area contributed by atoms with Crippen molar-refractivity contribution >= 4 is 34.3 Å². The van der Waals surface area contributed by atoms with E-state index in [2.05, 4.69) is 22.4 Å². The first-order valence-corrected chi connectivity index (χ1v) is 8.68. The summed E-state index contributed by atoms with van der Waals surface area (Å²) < 4.78 is 38.4. The van der Waals surface area contributed by atoms with Crippen LogP contribution in [-0.4, -0.2) is 16.4 Å². The number of nitrogens with zero attached hydrogens (tertiary/aromatic N) is 1. The lowest BCUT2D eigenvalue weighted by Crippen LogP contribution is -2.14. The molecule has 0 spiro atoms. The van der Waals surface area contributed by atoms with Crippen molar-refractivity contribution in [2.45, 2.75) is 32.5 Å². The molecule has 2 N–H and O–H groups in total. The molecule has 0 unspecified atom stereocenters. The van der Waals surface area contributed by atoms with E-state index in [1.165, 1.54) is 17.4 Å². The summed E-state index contributed by atoms with van der Waals surface area (Å²) in [7, 11) is 0. The zero-order chi connectivity index (χ0) is 19.5. The van der Waals surface area contributed by atoms with Crippen LogP contribution in [0.15, 0.2) is 35.4 Å². The highest BCUT2D eigenvalue weighted by molar-refractivity contribution is 7.14. The predicted molar refractivity (Wildman–Crippen MR) is 99.8 cm³/mol. The van der Waals surface area contributed by atoms with Gasteiger partial charge in [-0.05, 0) is 51.1 Å². The molecule has 26 heavy (non-hydrogen) atoms. The molecule has 0 aliphatic heterocycles. The molecule has 0 aliphatic rings. The molecule has 2 rings (SSSR count). The summed E-state index contributed by atoms with van der Waals surface area (Å²) >= 11 is 7.29. The number of hydrogen-bond acceptors (Lipinski definition) is 4. The third-order valence-corrected chi connectivity index (χ3v) is 4.53. The van der Waals surface area contributed by atoms with Crippen LogP contribution in [0.5, 0.6) is 0 Å². The predicted octanol–water partition coefficient (Wildman–Crippen LogP) is 5.38. The Bertz CT molecular complexity index is 886. The van der Waals surface area contributed by atoms with Gasteiger partial charge in [0.15, 0.2) is 0 Å². The second-order valence-corrected chi connectivity index (χ2v) is 7.47. The van der Waals surface area contributed by atoms with Crippen molar-refractivity contribution in [3.8, 4) is 11.8 Å². The van der Waals surface area contributed by atoms with Gasteiger partial charge in [0.25, 0.3) is 0 Å². The summed E-state index contributed by atoms with van der Waals surface area (Å²) in [5.41, 5.74) is 1.32. The molecule has 0 saturated carbocycles. The Morgan fingerprint density at radius 1 is 1.23 bits per heavy atom. The van der Waals surface area contributed by atoms with Crippen LogP contribution in [0.1, 0.15) is 36.1 Å². The highest BCUT2D eigenvalue weighted by atomic mass is 35.5. The average Bonchev–Trinajstić information content (AvgIpc) is 2.99. The number of benzene rings is 1. The Morgan fingerprint density at radius 3 is 2.54 bits per heavy atom. The molecule has 0 aliphatic carbocycles. The smallest absolute Gasteiger partial charge is 0.378 e. The number of thiophene rings is 1. The summed E-state index contributed by atoms with van der Waals surface area (Å²) in [6.45, 7) is 4.89. The minimum atomic E-state index is -4.46. The van der Waals surface area contributed by atoms with Crippen LogP contribution in [0.4, 0.5) is 18.9 Å². The second kappa shape index (κ2) is 7.70. The van der Waals surface area contributed by atoms with E-state index in [1.807, 2.05) is 0 Å². The maximum atomic E-state index is 12.8. The third-order valence-electron chi connectivity index (χ3n) is 3.09. The van der Waals surface area contributed by atoms with Gasteiger partial charge >= 0.3 is 6.18 Å². The molecular formula is C18H16ClF3N2OS. The molecule has 1 aromatic carbocycles. The molecule has 0 atom stereocenters. The SMILES string of the molecule is C/C(=N\Nc1cc(C(F)(F)F)ccc1Cl)c1ccc(C#CC(C)(C)O)s1. The fraction of sp³-hybridized carbons (Fsp3) is 0.278. The molecule has 2 aromatic rings. The maximum absolute atomic E-state index is 12.8. The van der Waals surface area contributed by atoms with Crippen molar-refractivity contribution < 1.29 is 18.3 Å². The van der Waals surface area contributed by atoms with Gasteiger partial charge in [-0.15, -0.1) is 11.3 Å². The molecule has 1 aromatic heterocycles. The number of halogens is 4. The van der Waals surface area contributed by atoms with E-state index in [0.29, 0.717) is 5.71 Å². The second-order valence-electron chi connectivity index (χ2n) is 5.97. The zero-order valence-electron chi connectivity index (χ0n) is 14.2.